The zero-order chi connectivity index (χ0) is 11.3. The number of hydrogen-bond donors (Lipinski definition) is 2. The van der Waals surface area contributed by atoms with Gasteiger partial charge < -0.3 is 0 Å². The second kappa shape index (κ2) is 5.14. The Labute approximate surface area is 88.6 Å². The Morgan fingerprint density at radius 2 is 1.80 bits per heavy atom. The maximum absolute atomic E-state index is 11.1. The minimum Gasteiger partial charge on any atom is -0.298 e. The van der Waals surface area contributed by atoms with Gasteiger partial charge >= 0.3 is 5.91 Å². The maximum atomic E-state index is 11.1. The largest absolute Gasteiger partial charge is 0.305 e. The van der Waals surface area contributed by atoms with Crippen LogP contribution in [0.5, 0.6) is 0 Å². The van der Waals surface area contributed by atoms with Crippen LogP contribution in [0, 0.1) is 6.92 Å². The van der Waals surface area contributed by atoms with Crippen molar-refractivity contribution in [2.75, 3.05) is 5.43 Å². The third kappa shape index (κ3) is 3.42. The van der Waals surface area contributed by atoms with Crippen LogP contribution in [0.15, 0.2) is 24.3 Å². The van der Waals surface area contributed by atoms with E-state index < -0.39 is 11.7 Å². The summed E-state index contributed by atoms with van der Waals surface area (Å²) in [7, 11) is 0. The minimum absolute atomic E-state index is 0.210. The number of hydrogen-bond acceptors (Lipinski definition) is 3. The van der Waals surface area contributed by atoms with E-state index in [9.17, 15) is 9.59 Å². The van der Waals surface area contributed by atoms with Gasteiger partial charge in [-0.25, -0.2) is 0 Å². The lowest BCUT2D eigenvalue weighted by atomic mass is 10.2. The Morgan fingerprint density at radius 3 is 2.33 bits per heavy atom. The van der Waals surface area contributed by atoms with Gasteiger partial charge in [-0.05, 0) is 19.1 Å². The molecule has 80 valence electrons. The fourth-order valence-electron chi connectivity index (χ4n) is 0.996. The van der Waals surface area contributed by atoms with Crippen LogP contribution in [0.25, 0.3) is 0 Å². The quantitative estimate of drug-likeness (QED) is 0.578. The number of rotatable bonds is 4. The first-order chi connectivity index (χ1) is 7.13. The van der Waals surface area contributed by atoms with Crippen molar-refractivity contribution in [3.8, 4) is 0 Å². The molecule has 0 aromatic heterocycles. The highest BCUT2D eigenvalue weighted by molar-refractivity contribution is 6.36. The third-order valence-electron chi connectivity index (χ3n) is 1.95. The molecule has 15 heavy (non-hydrogen) atoms. The van der Waals surface area contributed by atoms with Crippen LogP contribution in [-0.4, -0.2) is 11.7 Å². The van der Waals surface area contributed by atoms with Gasteiger partial charge in [0.15, 0.2) is 0 Å². The summed E-state index contributed by atoms with van der Waals surface area (Å²) in [6.45, 7) is 3.62. The van der Waals surface area contributed by atoms with Crippen molar-refractivity contribution >= 4 is 17.4 Å². The molecule has 0 aliphatic rings. The molecule has 4 heteroatoms. The first-order valence-electron chi connectivity index (χ1n) is 4.79. The summed E-state index contributed by atoms with van der Waals surface area (Å²) in [5, 5.41) is 0. The number of Topliss-reactive ketones (excluding diaryl/α,β-unsaturated/α-hetero) is 1. The van der Waals surface area contributed by atoms with E-state index in [-0.39, 0.29) is 6.42 Å². The second-order valence-electron chi connectivity index (χ2n) is 3.22. The number of anilines is 1. The van der Waals surface area contributed by atoms with Crippen LogP contribution >= 0.6 is 0 Å². The lowest BCUT2D eigenvalue weighted by molar-refractivity contribution is -0.137. The van der Waals surface area contributed by atoms with E-state index in [0.29, 0.717) is 0 Å². The van der Waals surface area contributed by atoms with E-state index >= 15 is 0 Å². The highest BCUT2D eigenvalue weighted by Gasteiger charge is 2.09. The number of hydrazine groups is 1. The van der Waals surface area contributed by atoms with Crippen molar-refractivity contribution < 1.29 is 9.59 Å². The van der Waals surface area contributed by atoms with Gasteiger partial charge in [0, 0.05) is 6.42 Å². The Balaban J connectivity index is 2.47. The van der Waals surface area contributed by atoms with E-state index in [1.807, 2.05) is 31.2 Å². The standard InChI is InChI=1S/C11H14N2O2/c1-3-10(14)11(15)13-12-9-6-4-8(2)5-7-9/h4-7,12H,3H2,1-2H3,(H,13,15). The number of amides is 1. The fraction of sp³-hybridized carbons (Fsp3) is 0.273. The number of carbonyl (C=O) groups excluding carboxylic acids is 2. The molecule has 1 amide bonds. The first kappa shape index (κ1) is 11.2. The van der Waals surface area contributed by atoms with E-state index in [0.717, 1.165) is 11.3 Å². The third-order valence-corrected chi connectivity index (χ3v) is 1.95. The summed E-state index contributed by atoms with van der Waals surface area (Å²) in [6.07, 6.45) is 0.210. The van der Waals surface area contributed by atoms with Gasteiger partial charge in [0.25, 0.3) is 0 Å². The molecule has 0 saturated carbocycles. The minimum atomic E-state index is -0.613. The van der Waals surface area contributed by atoms with E-state index in [1.165, 1.54) is 0 Å². The lowest BCUT2D eigenvalue weighted by Crippen LogP contribution is -2.34. The van der Waals surface area contributed by atoms with E-state index in [1.54, 1.807) is 6.92 Å². The van der Waals surface area contributed by atoms with Crippen molar-refractivity contribution in [3.63, 3.8) is 0 Å². The van der Waals surface area contributed by atoms with Gasteiger partial charge in [-0.15, -0.1) is 0 Å². The smallest absolute Gasteiger partial charge is 0.298 e. The normalized spacial score (nSPS) is 9.47. The van der Waals surface area contributed by atoms with Crippen molar-refractivity contribution in [1.82, 2.24) is 5.43 Å². The first-order valence-corrected chi connectivity index (χ1v) is 4.79. The predicted octanol–water partition coefficient (Wildman–Crippen LogP) is 1.42. The van der Waals surface area contributed by atoms with Crippen LogP contribution in [-0.2, 0) is 9.59 Å². The summed E-state index contributed by atoms with van der Waals surface area (Å²) >= 11 is 0. The number of ketones is 1. The summed E-state index contributed by atoms with van der Waals surface area (Å²) in [5.41, 5.74) is 6.88. The molecule has 1 rings (SSSR count). The van der Waals surface area contributed by atoms with Gasteiger partial charge in [0.05, 0.1) is 5.69 Å². The summed E-state index contributed by atoms with van der Waals surface area (Å²) in [4.78, 5) is 22.0. The fourth-order valence-corrected chi connectivity index (χ4v) is 0.996. The molecule has 0 aliphatic heterocycles. The number of nitrogens with one attached hydrogen (secondary N) is 2. The zero-order valence-electron chi connectivity index (χ0n) is 8.83. The van der Waals surface area contributed by atoms with Crippen molar-refractivity contribution in [2.45, 2.75) is 20.3 Å². The molecule has 0 spiro atoms. The maximum Gasteiger partial charge on any atom is 0.305 e. The van der Waals surface area contributed by atoms with Crippen LogP contribution in [0.4, 0.5) is 5.69 Å². The van der Waals surface area contributed by atoms with E-state index in [2.05, 4.69) is 10.9 Å². The Bertz CT molecular complexity index is 357. The molecule has 0 saturated heterocycles. The van der Waals surface area contributed by atoms with Crippen molar-refractivity contribution in [3.05, 3.63) is 29.8 Å². The SMILES string of the molecule is CCC(=O)C(=O)NNc1ccc(C)cc1. The Morgan fingerprint density at radius 1 is 1.20 bits per heavy atom. The monoisotopic (exact) mass is 206 g/mol. The van der Waals surface area contributed by atoms with Gasteiger partial charge in [0.1, 0.15) is 0 Å². The molecule has 0 radical (unpaired) electrons. The van der Waals surface area contributed by atoms with Gasteiger partial charge in [-0.3, -0.25) is 20.4 Å². The number of benzene rings is 1. The van der Waals surface area contributed by atoms with E-state index in [4.69, 9.17) is 0 Å². The van der Waals surface area contributed by atoms with Crippen LogP contribution in [0.1, 0.15) is 18.9 Å². The zero-order valence-corrected chi connectivity index (χ0v) is 8.83. The summed E-state index contributed by atoms with van der Waals surface area (Å²) in [5.74, 6) is -1.05. The molecule has 0 unspecified atom stereocenters. The molecular weight excluding hydrogens is 192 g/mol. The van der Waals surface area contributed by atoms with Crippen LogP contribution < -0.4 is 10.9 Å². The molecule has 1 aromatic rings. The topological polar surface area (TPSA) is 58.2 Å². The molecule has 0 heterocycles. The molecular formula is C11H14N2O2. The molecule has 4 nitrogen and oxygen atoms in total. The van der Waals surface area contributed by atoms with Gasteiger partial charge in [-0.1, -0.05) is 24.6 Å². The molecule has 0 fully saturated rings. The van der Waals surface area contributed by atoms with Crippen molar-refractivity contribution in [2.24, 2.45) is 0 Å². The Hall–Kier alpha value is -1.84. The van der Waals surface area contributed by atoms with Crippen LogP contribution in [0.2, 0.25) is 0 Å². The molecule has 0 atom stereocenters. The van der Waals surface area contributed by atoms with Crippen LogP contribution in [0.3, 0.4) is 0 Å². The average Bonchev–Trinajstić information content (AvgIpc) is 2.26. The lowest BCUT2D eigenvalue weighted by Gasteiger charge is -2.07. The number of aryl methyl sites for hydroxylation is 1. The van der Waals surface area contributed by atoms with Crippen molar-refractivity contribution in [1.29, 1.82) is 0 Å². The predicted molar refractivity (Wildman–Crippen MR) is 58.2 cm³/mol. The molecule has 0 bridgehead atoms. The molecule has 2 N–H and O–H groups in total. The van der Waals surface area contributed by atoms with Gasteiger partial charge in [-0.2, -0.15) is 0 Å². The molecule has 1 aromatic carbocycles. The summed E-state index contributed by atoms with van der Waals surface area (Å²) < 4.78 is 0. The highest BCUT2D eigenvalue weighted by Crippen LogP contribution is 2.06. The Kier molecular flexibility index (Phi) is 3.85. The number of carbonyl (C=O) groups is 2. The highest BCUT2D eigenvalue weighted by atomic mass is 16.2. The summed E-state index contributed by atoms with van der Waals surface area (Å²) in [6, 6.07) is 7.48. The average molecular weight is 206 g/mol. The van der Waals surface area contributed by atoms with Gasteiger partial charge in [0.2, 0.25) is 5.78 Å². The second-order valence-corrected chi connectivity index (χ2v) is 3.22. The molecule has 0 aliphatic carbocycles.